The molecule has 0 spiro atoms. The minimum atomic E-state index is -5.19. The number of aromatic nitrogens is 4. The molecule has 0 unspecified atom stereocenters. The Kier molecular flexibility index (Phi) is 57.9. The summed E-state index contributed by atoms with van der Waals surface area (Å²) in [6.07, 6.45) is -5.28. The molecule has 0 aliphatic carbocycles. The van der Waals surface area contributed by atoms with Gasteiger partial charge in [0, 0.05) is 71.6 Å². The second-order valence-electron chi connectivity index (χ2n) is 32.3. The van der Waals surface area contributed by atoms with Crippen molar-refractivity contribution >= 4 is 57.9 Å². The third-order valence-electron chi connectivity index (χ3n) is 18.6. The summed E-state index contributed by atoms with van der Waals surface area (Å²) in [7, 11) is 0. The topological polar surface area (TPSA) is 397 Å². The summed E-state index contributed by atoms with van der Waals surface area (Å²) in [6.45, 7) is 53.4. The van der Waals surface area contributed by atoms with Gasteiger partial charge in [-0.2, -0.15) is 26.3 Å². The monoisotopic (exact) mass is 2070 g/mol. The van der Waals surface area contributed by atoms with E-state index in [1.165, 1.54) is 72.2 Å². The molecule has 124 heavy (non-hydrogen) atoms. The molecule has 2 aliphatic heterocycles. The van der Waals surface area contributed by atoms with Gasteiger partial charge in [-0.3, -0.25) is 9.59 Å². The Hall–Kier alpha value is -7.73. The van der Waals surface area contributed by atoms with E-state index in [0.29, 0.717) is 57.2 Å². The van der Waals surface area contributed by atoms with Crippen LogP contribution in [0.15, 0.2) is 107 Å². The van der Waals surface area contributed by atoms with E-state index >= 15 is 0 Å². The summed E-state index contributed by atoms with van der Waals surface area (Å²) >= 11 is 0. The fourth-order valence-electron chi connectivity index (χ4n) is 11.8. The molecule has 2 aliphatic rings. The van der Waals surface area contributed by atoms with Crippen molar-refractivity contribution in [1.29, 1.82) is 0 Å². The number of carboxylic acid groups (broad SMARTS) is 6. The van der Waals surface area contributed by atoms with Crippen LogP contribution in [0.2, 0.25) is 0 Å². The second kappa shape index (κ2) is 58.6. The quantitative estimate of drug-likeness (QED) is 0.0670. The number of aromatic carboxylic acids is 4. The maximum absolute atomic E-state index is 11.4. The largest absolute Gasteiger partial charge is 2.00 e. The number of carboxylic acids is 6. The van der Waals surface area contributed by atoms with Crippen LogP contribution >= 0.6 is 0 Å². The zero-order chi connectivity index (χ0) is 92.5. The smallest absolute Gasteiger partial charge is 0.859 e. The van der Waals surface area contributed by atoms with Crippen LogP contribution in [0.1, 0.15) is 371 Å². The van der Waals surface area contributed by atoms with Gasteiger partial charge in [-0.05, 0) is 187 Å². The van der Waals surface area contributed by atoms with Crippen LogP contribution in [0.4, 0.5) is 26.3 Å². The molecule has 2 N–H and O–H groups in total. The molecule has 0 bridgehead atoms. The number of rotatable bonds is 16. The van der Waals surface area contributed by atoms with E-state index < -0.39 is 48.2 Å². The third kappa shape index (κ3) is 42.3. The summed E-state index contributed by atoms with van der Waals surface area (Å²) < 4.78 is 73.0. The molecule has 32 heteroatoms. The molecule has 680 valence electrons. The zero-order valence-corrected chi connectivity index (χ0v) is 83.0. The van der Waals surface area contributed by atoms with Gasteiger partial charge in [0.1, 0.15) is 23.2 Å². The van der Waals surface area contributed by atoms with Crippen LogP contribution in [0.25, 0.3) is 22.1 Å². The van der Waals surface area contributed by atoms with E-state index in [4.69, 9.17) is 29.3 Å². The van der Waals surface area contributed by atoms with Crippen molar-refractivity contribution in [1.82, 2.24) is 19.9 Å². The normalized spacial score (nSPS) is 12.0. The molecule has 4 aromatic heterocycles. The van der Waals surface area contributed by atoms with Crippen LogP contribution in [-0.2, 0) is 103 Å². The summed E-state index contributed by atoms with van der Waals surface area (Å²) in [4.78, 5) is 97.0. The summed E-state index contributed by atoms with van der Waals surface area (Å²) in [5, 5.41) is 86.3. The number of pyridine rings is 4. The van der Waals surface area contributed by atoms with Crippen molar-refractivity contribution in [2.45, 2.75) is 275 Å². The predicted molar refractivity (Wildman–Crippen MR) is 438 cm³/mol. The van der Waals surface area contributed by atoms with Gasteiger partial charge in [0.05, 0.1) is 23.9 Å². The maximum Gasteiger partial charge on any atom is 2.00 e. The van der Waals surface area contributed by atoms with Gasteiger partial charge in [-0.1, -0.05) is 239 Å². The first-order valence-electron chi connectivity index (χ1n) is 40.0. The zero-order valence-electron chi connectivity index (χ0n) is 75.0. The van der Waals surface area contributed by atoms with Gasteiger partial charge in [0.15, 0.2) is 0 Å². The van der Waals surface area contributed by atoms with Crippen LogP contribution in [0.5, 0.6) is 11.8 Å². The van der Waals surface area contributed by atoms with Gasteiger partial charge in [0.2, 0.25) is 11.1 Å². The Labute approximate surface area is 781 Å². The van der Waals surface area contributed by atoms with Crippen molar-refractivity contribution in [2.75, 3.05) is 26.4 Å². The van der Waals surface area contributed by atoms with Crippen molar-refractivity contribution < 1.29 is 190 Å². The van der Waals surface area contributed by atoms with Gasteiger partial charge < -0.3 is 89.1 Å². The Morgan fingerprint density at radius 1 is 0.306 bits per heavy atom. The van der Waals surface area contributed by atoms with E-state index in [-0.39, 0.29) is 154 Å². The third-order valence-corrected chi connectivity index (χ3v) is 18.6. The number of ether oxygens (including phenoxy) is 2. The first kappa shape index (κ1) is 123. The summed E-state index contributed by atoms with van der Waals surface area (Å²) in [5.41, 5.74) is 13.7. The molecule has 4 aromatic carbocycles. The number of aliphatic carboxylic acids is 2. The molecule has 2 saturated heterocycles. The summed E-state index contributed by atoms with van der Waals surface area (Å²) in [6, 6.07) is 28.2. The van der Waals surface area contributed by atoms with E-state index in [1.807, 2.05) is 159 Å². The maximum atomic E-state index is 11.4. The molecule has 22 nitrogen and oxygen atoms in total. The molecule has 0 atom stereocenters. The molecule has 8 aromatic rings. The number of aromatic amines is 2. The minimum Gasteiger partial charge on any atom is -0.859 e. The first-order valence-corrected chi connectivity index (χ1v) is 40.0. The minimum absolute atomic E-state index is 0. The molecule has 0 saturated carbocycles. The average molecular weight is 2070 g/mol. The fourth-order valence-corrected chi connectivity index (χ4v) is 11.8. The SMILES string of the molecule is C1CCOC1.C1CCOC1.CC(C)c1cc(C(C)C)c(C(=O)[O-])c(C(C)C)c1.CC(C)c1cc(C(C)C)c(C(=O)[O-])c(C(C)C)c1.CC(C)c1cc(C(C)C)c(C(=O)[O-])c(C(C)C)c1.CC(C)c1cc(C(C)C)c(C(=O)[O-])c(C(C)C)c1.O=C([O-])C(F)(F)F.O=C([O-])C(F)(F)F.O=c1ccc2ccc([O-])nc2[nH]1.O=c1ccc2ccc([O-])nc2[nH]1.[Mo+2].[Mo+2].[Mo+2].[Mo+2]. The van der Waals surface area contributed by atoms with Crippen molar-refractivity contribution in [2.24, 2.45) is 0 Å². The van der Waals surface area contributed by atoms with Gasteiger partial charge in [0.25, 0.3) is 0 Å². The van der Waals surface area contributed by atoms with E-state index in [2.05, 4.69) is 75.3 Å². The van der Waals surface area contributed by atoms with Crippen LogP contribution in [-0.4, -0.2) is 94.5 Å². The second-order valence-corrected chi connectivity index (χ2v) is 32.3. The number of hydrogen-bond acceptors (Lipinski definition) is 20. The number of fused-ring (bicyclic) bond motifs is 2. The van der Waals surface area contributed by atoms with Crippen molar-refractivity contribution in [3.05, 3.63) is 207 Å². The van der Waals surface area contributed by atoms with E-state index in [1.54, 1.807) is 24.3 Å². The number of nitrogens with zero attached hydrogens (tertiary/aromatic N) is 2. The number of H-pyrrole nitrogens is 2. The van der Waals surface area contributed by atoms with Crippen LogP contribution in [0.3, 0.4) is 0 Å². The Bertz CT molecular complexity index is 4180. The molecule has 6 heterocycles. The average Bonchev–Trinajstić information content (AvgIpc) is 0.907. The Balaban J connectivity index is -0.000000659. The van der Waals surface area contributed by atoms with E-state index in [9.17, 15) is 85.7 Å². The van der Waals surface area contributed by atoms with Gasteiger partial charge in [-0.15, -0.1) is 0 Å². The number of nitrogens with one attached hydrogen (secondary N) is 2. The van der Waals surface area contributed by atoms with Crippen LogP contribution < -0.4 is 52.0 Å². The van der Waals surface area contributed by atoms with E-state index in [0.717, 1.165) is 81.7 Å². The predicted octanol–water partition coefficient (Wildman–Crippen LogP) is 13.9. The number of halogens is 6. The number of benzene rings is 4. The molecule has 0 amide bonds. The number of alkyl halides is 6. The standard InChI is InChI=1S/4C16H24O2.2C8H6N2O2.2C4H8O.2C2HF3O2.4Mo/c4*1-9(2)12-7-13(10(3)4)15(16(17)18)14(8-12)11(5)6;2*11-6-3-1-5-2-4-7(12)10-8(5)9-6;2*1-2-4-5-3-1;2*3-2(4,5)1(6)7;;;;/h4*7-11H,1-6H3,(H,17,18);2*1-4H,(H2,9,10,11,12);2*1-4H2;2*(H,6,7);;;;/q;;;;;;;;;;4*+2/p-8. The Morgan fingerprint density at radius 2 is 0.468 bits per heavy atom. The molecular weight excluding hydrogens is 1950 g/mol. The number of carbonyl (C=O) groups is 6. The molecule has 2 fully saturated rings. The van der Waals surface area contributed by atoms with Crippen molar-refractivity contribution in [3.63, 3.8) is 0 Å². The summed E-state index contributed by atoms with van der Waals surface area (Å²) in [5.74, 6) is -7.82. The van der Waals surface area contributed by atoms with Crippen LogP contribution in [0, 0.1) is 0 Å². The number of carbonyl (C=O) groups excluding carboxylic acids is 6. The first-order chi connectivity index (χ1) is 55.4. The Morgan fingerprint density at radius 3 is 0.589 bits per heavy atom. The van der Waals surface area contributed by atoms with Gasteiger partial charge >= 0.3 is 96.6 Å². The molecule has 0 radical (unpaired) electrons. The molecular formula is C92H118F6Mo4N4O18. The van der Waals surface area contributed by atoms with Gasteiger partial charge in [-0.25, -0.2) is 9.97 Å². The van der Waals surface area contributed by atoms with Crippen molar-refractivity contribution in [3.8, 4) is 11.8 Å². The molecule has 10 rings (SSSR count). The number of hydrogen-bond donors (Lipinski definition) is 2. The fraction of sp³-hybridized carbons (Fsp3) is 0.500.